The minimum Gasteiger partial charge on any atom is -0.493 e. The van der Waals surface area contributed by atoms with Crippen LogP contribution in [0.15, 0.2) is 73.3 Å². The van der Waals surface area contributed by atoms with Crippen LogP contribution in [0.5, 0.6) is 0 Å². The normalized spacial score (nSPS) is 10.8. The Labute approximate surface area is 118 Å². The van der Waals surface area contributed by atoms with Crippen LogP contribution in [0.1, 0.15) is 0 Å². The van der Waals surface area contributed by atoms with Crippen molar-refractivity contribution in [3.63, 3.8) is 0 Å². The molecule has 0 aromatic heterocycles. The standard InChI is InChI=1S/C15H13ClO2Si/c1-2-15(17)18-19(16,13-9-5-3-6-10-13)14-11-7-4-8-12-14/h2-12H,1H2. The predicted molar refractivity (Wildman–Crippen MR) is 80.0 cm³/mol. The molecule has 2 aromatic carbocycles. The highest BCUT2D eigenvalue weighted by Gasteiger charge is 2.41. The Bertz CT molecular complexity index is 530. The van der Waals surface area contributed by atoms with Gasteiger partial charge in [-0.1, -0.05) is 67.2 Å². The summed E-state index contributed by atoms with van der Waals surface area (Å²) in [6.07, 6.45) is 1.13. The SMILES string of the molecule is C=CC(=O)O[Si](Cl)(c1ccccc1)c1ccccc1. The number of halogens is 1. The van der Waals surface area contributed by atoms with Crippen LogP contribution in [0, 0.1) is 0 Å². The van der Waals surface area contributed by atoms with Gasteiger partial charge in [-0.2, -0.15) is 0 Å². The van der Waals surface area contributed by atoms with Crippen molar-refractivity contribution in [1.29, 1.82) is 0 Å². The topological polar surface area (TPSA) is 26.3 Å². The van der Waals surface area contributed by atoms with Crippen LogP contribution in [-0.2, 0) is 9.22 Å². The lowest BCUT2D eigenvalue weighted by atomic mass is 10.4. The van der Waals surface area contributed by atoms with Crippen molar-refractivity contribution >= 4 is 35.0 Å². The molecular weight excluding hydrogens is 276 g/mol. The monoisotopic (exact) mass is 288 g/mol. The molecule has 0 aliphatic rings. The molecule has 0 atom stereocenters. The van der Waals surface area contributed by atoms with Gasteiger partial charge in [-0.15, -0.1) is 11.1 Å². The molecule has 0 radical (unpaired) electrons. The third kappa shape index (κ3) is 2.95. The minimum atomic E-state index is -3.03. The molecule has 2 aromatic rings. The Morgan fingerprint density at radius 2 is 1.42 bits per heavy atom. The average molecular weight is 289 g/mol. The van der Waals surface area contributed by atoms with Gasteiger partial charge >= 0.3 is 13.6 Å². The van der Waals surface area contributed by atoms with Gasteiger partial charge in [-0.05, 0) is 10.4 Å². The number of carbonyl (C=O) groups excluding carboxylic acids is 1. The third-order valence-corrected chi connectivity index (χ3v) is 6.87. The quantitative estimate of drug-likeness (QED) is 0.490. The van der Waals surface area contributed by atoms with E-state index in [-0.39, 0.29) is 0 Å². The van der Waals surface area contributed by atoms with Gasteiger partial charge in [0.25, 0.3) is 0 Å². The second-order valence-corrected chi connectivity index (χ2v) is 8.10. The summed E-state index contributed by atoms with van der Waals surface area (Å²) in [7, 11) is -3.03. The summed E-state index contributed by atoms with van der Waals surface area (Å²) in [6.45, 7) is 3.42. The van der Waals surface area contributed by atoms with E-state index in [2.05, 4.69) is 6.58 Å². The van der Waals surface area contributed by atoms with Gasteiger partial charge in [0.05, 0.1) is 0 Å². The number of hydrogen-bond donors (Lipinski definition) is 0. The zero-order valence-electron chi connectivity index (χ0n) is 10.3. The molecule has 0 bridgehead atoms. The Kier molecular flexibility index (Phi) is 4.19. The van der Waals surface area contributed by atoms with E-state index in [0.717, 1.165) is 16.4 Å². The fourth-order valence-electron chi connectivity index (χ4n) is 1.77. The number of carbonyl (C=O) groups is 1. The Hall–Kier alpha value is -1.84. The minimum absolute atomic E-state index is 0.505. The molecule has 2 rings (SSSR count). The van der Waals surface area contributed by atoms with Crippen molar-refractivity contribution in [1.82, 2.24) is 0 Å². The first-order valence-electron chi connectivity index (χ1n) is 5.82. The molecule has 96 valence electrons. The van der Waals surface area contributed by atoms with E-state index in [0.29, 0.717) is 0 Å². The Morgan fingerprint density at radius 3 is 1.79 bits per heavy atom. The lowest BCUT2D eigenvalue weighted by Crippen LogP contribution is -2.57. The zero-order valence-corrected chi connectivity index (χ0v) is 12.0. The fraction of sp³-hybridized carbons (Fsp3) is 0. The van der Waals surface area contributed by atoms with E-state index in [1.165, 1.54) is 0 Å². The second kappa shape index (κ2) is 5.86. The van der Waals surface area contributed by atoms with E-state index in [9.17, 15) is 4.79 Å². The van der Waals surface area contributed by atoms with Gasteiger partial charge in [0.2, 0.25) is 0 Å². The van der Waals surface area contributed by atoms with Crippen LogP contribution >= 0.6 is 11.1 Å². The van der Waals surface area contributed by atoms with Crippen LogP contribution in [-0.4, -0.2) is 13.6 Å². The number of benzene rings is 2. The van der Waals surface area contributed by atoms with Gasteiger partial charge in [-0.25, -0.2) is 4.79 Å². The van der Waals surface area contributed by atoms with Gasteiger partial charge in [0, 0.05) is 6.08 Å². The Morgan fingerprint density at radius 1 is 1.00 bits per heavy atom. The highest BCUT2D eigenvalue weighted by atomic mass is 35.6. The van der Waals surface area contributed by atoms with Crippen LogP contribution in [0.3, 0.4) is 0 Å². The summed E-state index contributed by atoms with van der Waals surface area (Å²) in [5, 5.41) is 1.66. The summed E-state index contributed by atoms with van der Waals surface area (Å²) in [5.74, 6) is -0.505. The highest BCUT2D eigenvalue weighted by Crippen LogP contribution is 2.13. The maximum Gasteiger partial charge on any atom is 0.416 e. The molecule has 0 saturated carbocycles. The lowest BCUT2D eigenvalue weighted by Gasteiger charge is -2.24. The van der Waals surface area contributed by atoms with Crippen molar-refractivity contribution in [2.24, 2.45) is 0 Å². The molecule has 0 amide bonds. The van der Waals surface area contributed by atoms with Crippen LogP contribution in [0.2, 0.25) is 0 Å². The molecule has 0 fully saturated rings. The summed E-state index contributed by atoms with van der Waals surface area (Å²) in [6, 6.07) is 18.8. The van der Waals surface area contributed by atoms with E-state index in [4.69, 9.17) is 15.5 Å². The molecule has 0 aliphatic carbocycles. The van der Waals surface area contributed by atoms with E-state index >= 15 is 0 Å². The summed E-state index contributed by atoms with van der Waals surface area (Å²) in [4.78, 5) is 11.6. The molecule has 0 unspecified atom stereocenters. The molecule has 0 heterocycles. The van der Waals surface area contributed by atoms with E-state index < -0.39 is 13.6 Å². The van der Waals surface area contributed by atoms with Crippen molar-refractivity contribution in [3.05, 3.63) is 73.3 Å². The third-order valence-electron chi connectivity index (χ3n) is 2.70. The van der Waals surface area contributed by atoms with Crippen molar-refractivity contribution < 1.29 is 9.22 Å². The highest BCUT2D eigenvalue weighted by molar-refractivity contribution is 7.31. The molecule has 4 heteroatoms. The second-order valence-electron chi connectivity index (χ2n) is 3.95. The fourth-order valence-corrected chi connectivity index (χ4v) is 4.93. The summed E-state index contributed by atoms with van der Waals surface area (Å²) < 4.78 is 5.51. The summed E-state index contributed by atoms with van der Waals surface area (Å²) >= 11 is 6.71. The van der Waals surface area contributed by atoms with Crippen molar-refractivity contribution in [2.75, 3.05) is 0 Å². The molecular formula is C15H13ClO2Si. The molecule has 0 saturated heterocycles. The van der Waals surface area contributed by atoms with E-state index in [1.54, 1.807) is 0 Å². The zero-order chi connectivity index (χ0) is 13.7. The Balaban J connectivity index is 2.50. The average Bonchev–Trinajstić information content (AvgIpc) is 2.48. The van der Waals surface area contributed by atoms with Gasteiger partial charge in [-0.3, -0.25) is 0 Å². The molecule has 0 N–H and O–H groups in total. The van der Waals surface area contributed by atoms with Crippen molar-refractivity contribution in [2.45, 2.75) is 0 Å². The molecule has 0 spiro atoms. The first-order chi connectivity index (χ1) is 9.16. The first kappa shape index (κ1) is 13.6. The van der Waals surface area contributed by atoms with Gasteiger partial charge < -0.3 is 4.43 Å². The molecule has 0 aliphatic heterocycles. The molecule has 2 nitrogen and oxygen atoms in total. The maximum atomic E-state index is 11.6. The smallest absolute Gasteiger partial charge is 0.416 e. The predicted octanol–water partition coefficient (Wildman–Crippen LogP) is 2.21. The maximum absolute atomic E-state index is 11.6. The van der Waals surface area contributed by atoms with Gasteiger partial charge in [0.1, 0.15) is 0 Å². The van der Waals surface area contributed by atoms with Crippen LogP contribution < -0.4 is 10.4 Å². The molecule has 19 heavy (non-hydrogen) atoms. The van der Waals surface area contributed by atoms with Gasteiger partial charge in [0.15, 0.2) is 0 Å². The van der Waals surface area contributed by atoms with Crippen LogP contribution in [0.4, 0.5) is 0 Å². The number of hydrogen-bond acceptors (Lipinski definition) is 2. The van der Waals surface area contributed by atoms with Crippen LogP contribution in [0.25, 0.3) is 0 Å². The summed E-state index contributed by atoms with van der Waals surface area (Å²) in [5.41, 5.74) is 0. The lowest BCUT2D eigenvalue weighted by molar-refractivity contribution is -0.129. The van der Waals surface area contributed by atoms with Crippen molar-refractivity contribution in [3.8, 4) is 0 Å². The first-order valence-corrected chi connectivity index (χ1v) is 8.74. The number of rotatable bonds is 4. The van der Waals surface area contributed by atoms with E-state index in [1.807, 2.05) is 60.7 Å². The largest absolute Gasteiger partial charge is 0.493 e.